The zero-order valence-corrected chi connectivity index (χ0v) is 11.5. The van der Waals surface area contributed by atoms with E-state index in [2.05, 4.69) is 0 Å². The van der Waals surface area contributed by atoms with E-state index < -0.39 is 5.83 Å². The third kappa shape index (κ3) is 4.26. The lowest BCUT2D eigenvalue weighted by molar-refractivity contribution is 0.103. The average Bonchev–Trinajstić information content (AvgIpc) is 2.54. The molecule has 0 atom stereocenters. The molecular formula is C17H16FNO2. The molecule has 0 saturated heterocycles. The number of benzene rings is 2. The molecular weight excluding hydrogens is 269 g/mol. The lowest BCUT2D eigenvalue weighted by Crippen LogP contribution is -2.03. The van der Waals surface area contributed by atoms with Crippen molar-refractivity contribution in [1.29, 1.82) is 0 Å². The maximum atomic E-state index is 13.1. The summed E-state index contributed by atoms with van der Waals surface area (Å²) in [5.41, 5.74) is 6.39. The van der Waals surface area contributed by atoms with Gasteiger partial charge in [-0.3, -0.25) is 4.79 Å². The fourth-order valence-corrected chi connectivity index (χ4v) is 1.80. The van der Waals surface area contributed by atoms with Gasteiger partial charge in [-0.15, -0.1) is 0 Å². The van der Waals surface area contributed by atoms with Gasteiger partial charge in [-0.2, -0.15) is 0 Å². The minimum absolute atomic E-state index is 0.0589. The molecule has 0 heterocycles. The van der Waals surface area contributed by atoms with E-state index in [0.29, 0.717) is 16.9 Å². The zero-order valence-electron chi connectivity index (χ0n) is 11.5. The Morgan fingerprint density at radius 2 is 1.67 bits per heavy atom. The number of hydrogen-bond donors (Lipinski definition) is 1. The van der Waals surface area contributed by atoms with Crippen molar-refractivity contribution in [2.24, 2.45) is 5.73 Å². The highest BCUT2D eigenvalue weighted by Gasteiger charge is 2.08. The van der Waals surface area contributed by atoms with Crippen LogP contribution in [0.1, 0.15) is 15.9 Å². The smallest absolute Gasteiger partial charge is 0.193 e. The predicted octanol–water partition coefficient (Wildman–Crippen LogP) is 3.11. The molecule has 0 aliphatic rings. The first-order valence-electron chi connectivity index (χ1n) is 6.58. The van der Waals surface area contributed by atoms with Crippen LogP contribution in [0.4, 0.5) is 4.39 Å². The van der Waals surface area contributed by atoms with Crippen LogP contribution < -0.4 is 10.5 Å². The minimum atomic E-state index is -0.415. The molecule has 0 saturated carbocycles. The minimum Gasteiger partial charge on any atom is -0.487 e. The van der Waals surface area contributed by atoms with Crippen LogP contribution in [-0.4, -0.2) is 18.9 Å². The Kier molecular flexibility index (Phi) is 5.23. The number of ether oxygens (including phenoxy) is 1. The molecule has 2 N–H and O–H groups in total. The van der Waals surface area contributed by atoms with Gasteiger partial charge in [0.1, 0.15) is 18.2 Å². The molecule has 2 aromatic rings. The van der Waals surface area contributed by atoms with E-state index in [9.17, 15) is 9.18 Å². The van der Waals surface area contributed by atoms with Crippen molar-refractivity contribution < 1.29 is 13.9 Å². The predicted molar refractivity (Wildman–Crippen MR) is 80.1 cm³/mol. The molecule has 0 bridgehead atoms. The van der Waals surface area contributed by atoms with Gasteiger partial charge in [-0.1, -0.05) is 30.3 Å². The average molecular weight is 285 g/mol. The van der Waals surface area contributed by atoms with Gasteiger partial charge in [0, 0.05) is 17.7 Å². The van der Waals surface area contributed by atoms with Gasteiger partial charge in [0.25, 0.3) is 0 Å². The topological polar surface area (TPSA) is 52.3 Å². The van der Waals surface area contributed by atoms with E-state index in [0.717, 1.165) is 0 Å². The monoisotopic (exact) mass is 285 g/mol. The molecule has 0 unspecified atom stereocenters. The molecule has 0 fully saturated rings. The highest BCUT2D eigenvalue weighted by Crippen LogP contribution is 2.16. The summed E-state index contributed by atoms with van der Waals surface area (Å²) >= 11 is 0. The van der Waals surface area contributed by atoms with Crippen molar-refractivity contribution in [3.8, 4) is 5.75 Å². The van der Waals surface area contributed by atoms with E-state index in [1.807, 2.05) is 18.2 Å². The number of hydrogen-bond acceptors (Lipinski definition) is 3. The van der Waals surface area contributed by atoms with Gasteiger partial charge in [0.15, 0.2) is 5.78 Å². The van der Waals surface area contributed by atoms with Gasteiger partial charge < -0.3 is 10.5 Å². The largest absolute Gasteiger partial charge is 0.487 e. The Balaban J connectivity index is 2.02. The number of carbonyl (C=O) groups is 1. The van der Waals surface area contributed by atoms with Crippen molar-refractivity contribution >= 4 is 5.78 Å². The first-order valence-corrected chi connectivity index (χ1v) is 6.58. The van der Waals surface area contributed by atoms with Crippen LogP contribution >= 0.6 is 0 Å². The summed E-state index contributed by atoms with van der Waals surface area (Å²) in [5, 5.41) is 0. The van der Waals surface area contributed by atoms with E-state index in [1.165, 1.54) is 6.08 Å². The number of nitrogens with two attached hydrogens (primary N) is 1. The fraction of sp³-hybridized carbons (Fsp3) is 0.118. The van der Waals surface area contributed by atoms with Crippen LogP contribution in [-0.2, 0) is 0 Å². The van der Waals surface area contributed by atoms with E-state index in [4.69, 9.17) is 10.5 Å². The van der Waals surface area contributed by atoms with Crippen molar-refractivity contribution in [2.45, 2.75) is 0 Å². The number of rotatable bonds is 6. The molecule has 0 spiro atoms. The van der Waals surface area contributed by atoms with Crippen molar-refractivity contribution in [3.63, 3.8) is 0 Å². The first kappa shape index (κ1) is 14.9. The summed E-state index contributed by atoms with van der Waals surface area (Å²) in [6.45, 7) is -0.0249. The third-order valence-corrected chi connectivity index (χ3v) is 2.87. The van der Waals surface area contributed by atoms with E-state index in [1.54, 1.807) is 36.4 Å². The molecule has 2 aromatic carbocycles. The summed E-state index contributed by atoms with van der Waals surface area (Å²) in [7, 11) is 0. The van der Waals surface area contributed by atoms with Crippen molar-refractivity contribution in [3.05, 3.63) is 77.6 Å². The van der Waals surface area contributed by atoms with Gasteiger partial charge in [0.05, 0.1) is 0 Å². The van der Waals surface area contributed by atoms with Gasteiger partial charge in [-0.05, 0) is 30.3 Å². The molecule has 108 valence electrons. The van der Waals surface area contributed by atoms with Gasteiger partial charge in [-0.25, -0.2) is 4.39 Å². The molecule has 2 rings (SSSR count). The molecule has 0 radical (unpaired) electrons. The number of ketones is 1. The van der Waals surface area contributed by atoms with Crippen molar-refractivity contribution in [2.75, 3.05) is 13.2 Å². The van der Waals surface area contributed by atoms with Crippen LogP contribution in [0.25, 0.3) is 0 Å². The molecule has 4 heteroatoms. The molecule has 0 amide bonds. The summed E-state index contributed by atoms with van der Waals surface area (Å²) in [5.74, 6) is 0.0264. The molecule has 3 nitrogen and oxygen atoms in total. The third-order valence-electron chi connectivity index (χ3n) is 2.87. The second-order valence-electron chi connectivity index (χ2n) is 4.39. The maximum absolute atomic E-state index is 13.1. The number of halogens is 1. The lowest BCUT2D eigenvalue weighted by atomic mass is 10.0. The van der Waals surface area contributed by atoms with E-state index in [-0.39, 0.29) is 18.9 Å². The van der Waals surface area contributed by atoms with Crippen molar-refractivity contribution in [1.82, 2.24) is 0 Å². The van der Waals surface area contributed by atoms with Crippen LogP contribution in [0.2, 0.25) is 0 Å². The first-order chi connectivity index (χ1) is 10.2. The Labute approximate surface area is 122 Å². The fourth-order valence-electron chi connectivity index (χ4n) is 1.80. The zero-order chi connectivity index (χ0) is 15.1. The quantitative estimate of drug-likeness (QED) is 0.830. The van der Waals surface area contributed by atoms with Crippen LogP contribution in [0.5, 0.6) is 5.75 Å². The Hall–Kier alpha value is -2.46. The van der Waals surface area contributed by atoms with Gasteiger partial charge >= 0.3 is 0 Å². The lowest BCUT2D eigenvalue weighted by Gasteiger charge is -2.06. The van der Waals surface area contributed by atoms with Gasteiger partial charge in [0.2, 0.25) is 0 Å². The summed E-state index contributed by atoms with van der Waals surface area (Å²) in [6.07, 6.45) is 1.26. The summed E-state index contributed by atoms with van der Waals surface area (Å²) < 4.78 is 18.4. The second-order valence-corrected chi connectivity index (χ2v) is 4.39. The van der Waals surface area contributed by atoms with E-state index >= 15 is 0 Å². The summed E-state index contributed by atoms with van der Waals surface area (Å²) in [6, 6.07) is 15.6. The summed E-state index contributed by atoms with van der Waals surface area (Å²) in [4.78, 5) is 12.2. The Morgan fingerprint density at radius 3 is 2.29 bits per heavy atom. The maximum Gasteiger partial charge on any atom is 0.193 e. The highest BCUT2D eigenvalue weighted by molar-refractivity contribution is 6.08. The number of carbonyl (C=O) groups excluding carboxylic acids is 1. The SMILES string of the molecule is NC/C=C(\F)COc1ccc(C(=O)c2ccccc2)cc1. The molecule has 0 aliphatic heterocycles. The standard InChI is InChI=1S/C17H16FNO2/c18-15(10-11-19)12-21-16-8-6-14(7-9-16)17(20)13-4-2-1-3-5-13/h1-10H,11-12,19H2/b15-10-. The Bertz CT molecular complexity index is 621. The highest BCUT2D eigenvalue weighted by atomic mass is 19.1. The van der Waals surface area contributed by atoms with Crippen LogP contribution in [0.3, 0.4) is 0 Å². The molecule has 0 aromatic heterocycles. The van der Waals surface area contributed by atoms with Crippen LogP contribution in [0.15, 0.2) is 66.5 Å². The normalized spacial score (nSPS) is 11.2. The Morgan fingerprint density at radius 1 is 1.05 bits per heavy atom. The molecule has 0 aliphatic carbocycles. The molecule has 21 heavy (non-hydrogen) atoms. The second kappa shape index (κ2) is 7.36. The van der Waals surface area contributed by atoms with Crippen LogP contribution in [0, 0.1) is 0 Å².